The van der Waals surface area contributed by atoms with Crippen molar-refractivity contribution in [3.63, 3.8) is 0 Å². The van der Waals surface area contributed by atoms with Crippen molar-refractivity contribution in [2.75, 3.05) is 5.33 Å². The van der Waals surface area contributed by atoms with Crippen LogP contribution in [0.2, 0.25) is 0 Å². The highest BCUT2D eigenvalue weighted by atomic mass is 79.9. The molecule has 1 heterocycles. The number of halogens is 2. The Kier molecular flexibility index (Phi) is 3.51. The van der Waals surface area contributed by atoms with Gasteiger partial charge in [-0.2, -0.15) is 0 Å². The maximum atomic E-state index is 10.9. The van der Waals surface area contributed by atoms with E-state index in [0.717, 1.165) is 0 Å². The van der Waals surface area contributed by atoms with Gasteiger partial charge in [0.15, 0.2) is 6.10 Å². The Hall–Kier alpha value is 0.350. The first-order valence-electron chi connectivity index (χ1n) is 3.34. The van der Waals surface area contributed by atoms with Crippen LogP contribution in [0.3, 0.4) is 0 Å². The zero-order chi connectivity index (χ0) is 9.30. The second kappa shape index (κ2) is 4.04. The van der Waals surface area contributed by atoms with E-state index in [9.17, 15) is 15.0 Å². The van der Waals surface area contributed by atoms with Gasteiger partial charge in [0.25, 0.3) is 0 Å². The normalized spacial score (nSPS) is 38.0. The fourth-order valence-electron chi connectivity index (χ4n) is 0.969. The average molecular weight is 304 g/mol. The summed E-state index contributed by atoms with van der Waals surface area (Å²) in [6.45, 7) is 0. The number of ether oxygens (including phenoxy) is 1. The van der Waals surface area contributed by atoms with E-state index >= 15 is 0 Å². The lowest BCUT2D eigenvalue weighted by molar-refractivity contribution is -0.145. The number of carbonyl (C=O) groups is 1. The molecule has 0 spiro atoms. The summed E-state index contributed by atoms with van der Waals surface area (Å²) in [7, 11) is 0. The minimum Gasteiger partial charge on any atom is -0.456 e. The molecular weight excluding hydrogens is 296 g/mol. The number of hydrogen-bond acceptors (Lipinski definition) is 4. The monoisotopic (exact) mass is 302 g/mol. The van der Waals surface area contributed by atoms with Crippen LogP contribution in [0.15, 0.2) is 0 Å². The number of alkyl halides is 2. The molecule has 12 heavy (non-hydrogen) atoms. The van der Waals surface area contributed by atoms with Crippen LogP contribution < -0.4 is 0 Å². The first kappa shape index (κ1) is 10.4. The lowest BCUT2D eigenvalue weighted by Gasteiger charge is -2.17. The molecular formula is C6H8Br2O4. The van der Waals surface area contributed by atoms with Gasteiger partial charge in [-0.15, -0.1) is 0 Å². The Labute approximate surface area is 86.2 Å². The van der Waals surface area contributed by atoms with Gasteiger partial charge in [-0.3, -0.25) is 4.79 Å². The van der Waals surface area contributed by atoms with Crippen LogP contribution in [0.4, 0.5) is 0 Å². The van der Waals surface area contributed by atoms with E-state index in [1.165, 1.54) is 0 Å². The van der Waals surface area contributed by atoms with Gasteiger partial charge < -0.3 is 14.9 Å². The van der Waals surface area contributed by atoms with Crippen molar-refractivity contribution in [3.8, 4) is 0 Å². The molecule has 6 heteroatoms. The highest BCUT2D eigenvalue weighted by molar-refractivity contribution is 9.10. The largest absolute Gasteiger partial charge is 0.456 e. The molecule has 70 valence electrons. The van der Waals surface area contributed by atoms with E-state index in [2.05, 4.69) is 31.9 Å². The topological polar surface area (TPSA) is 66.8 Å². The number of rotatable bonds is 2. The molecule has 1 aliphatic rings. The van der Waals surface area contributed by atoms with Crippen molar-refractivity contribution in [1.29, 1.82) is 0 Å². The summed E-state index contributed by atoms with van der Waals surface area (Å²) in [5, 5.41) is 18.9. The summed E-state index contributed by atoms with van der Waals surface area (Å²) in [5.41, 5.74) is 0. The van der Waals surface area contributed by atoms with Crippen molar-refractivity contribution in [2.24, 2.45) is 0 Å². The molecule has 0 aromatic carbocycles. The van der Waals surface area contributed by atoms with Crippen LogP contribution in [0.5, 0.6) is 0 Å². The van der Waals surface area contributed by atoms with Crippen LogP contribution in [0, 0.1) is 0 Å². The van der Waals surface area contributed by atoms with E-state index in [-0.39, 0.29) is 5.33 Å². The number of aliphatic hydroxyl groups excluding tert-OH is 2. The first-order valence-corrected chi connectivity index (χ1v) is 5.38. The van der Waals surface area contributed by atoms with Gasteiger partial charge >= 0.3 is 5.97 Å². The van der Waals surface area contributed by atoms with Crippen molar-refractivity contribution >= 4 is 37.8 Å². The highest BCUT2D eigenvalue weighted by Gasteiger charge is 2.45. The van der Waals surface area contributed by atoms with Gasteiger partial charge in [-0.25, -0.2) is 0 Å². The summed E-state index contributed by atoms with van der Waals surface area (Å²) in [4.78, 5) is 10.1. The molecule has 1 rings (SSSR count). The van der Waals surface area contributed by atoms with Gasteiger partial charge in [0, 0.05) is 5.33 Å². The molecule has 0 aromatic rings. The van der Waals surface area contributed by atoms with Gasteiger partial charge in [-0.05, 0) is 0 Å². The highest BCUT2D eigenvalue weighted by Crippen LogP contribution is 2.24. The second-order valence-electron chi connectivity index (χ2n) is 2.52. The lowest BCUT2D eigenvalue weighted by atomic mass is 10.1. The van der Waals surface area contributed by atoms with E-state index in [1.807, 2.05) is 0 Å². The summed E-state index contributed by atoms with van der Waals surface area (Å²) < 4.78 is 4.72. The van der Waals surface area contributed by atoms with Crippen molar-refractivity contribution in [3.05, 3.63) is 0 Å². The molecule has 4 atom stereocenters. The van der Waals surface area contributed by atoms with E-state index in [1.54, 1.807) is 0 Å². The molecule has 4 nitrogen and oxygen atoms in total. The second-order valence-corrected chi connectivity index (χ2v) is 4.15. The van der Waals surface area contributed by atoms with Gasteiger partial charge in [0.2, 0.25) is 0 Å². The molecule has 3 unspecified atom stereocenters. The van der Waals surface area contributed by atoms with E-state index in [0.29, 0.717) is 0 Å². The number of hydrogen-bond donors (Lipinski definition) is 2. The molecule has 0 aromatic heterocycles. The molecule has 1 saturated heterocycles. The molecule has 0 amide bonds. The van der Waals surface area contributed by atoms with Crippen molar-refractivity contribution < 1.29 is 19.7 Å². The zero-order valence-corrected chi connectivity index (χ0v) is 9.16. The molecule has 0 radical (unpaired) electrons. The molecule has 1 fully saturated rings. The molecule has 0 saturated carbocycles. The van der Waals surface area contributed by atoms with Crippen molar-refractivity contribution in [1.82, 2.24) is 0 Å². The minimum absolute atomic E-state index is 0.266. The minimum atomic E-state index is -0.981. The quantitative estimate of drug-likeness (QED) is 0.547. The Bertz CT molecular complexity index is 186. The van der Waals surface area contributed by atoms with Gasteiger partial charge in [-0.1, -0.05) is 31.9 Å². The summed E-state index contributed by atoms with van der Waals surface area (Å²) in [6, 6.07) is 0. The summed E-state index contributed by atoms with van der Waals surface area (Å²) in [5.74, 6) is -0.535. The number of carbonyl (C=O) groups excluding carboxylic acids is 1. The van der Waals surface area contributed by atoms with Crippen LogP contribution >= 0.6 is 31.9 Å². The van der Waals surface area contributed by atoms with Gasteiger partial charge in [0.05, 0.1) is 0 Å². The Balaban J connectivity index is 2.64. The smallest absolute Gasteiger partial charge is 0.323 e. The third-order valence-electron chi connectivity index (χ3n) is 1.65. The predicted octanol–water partition coefficient (Wildman–Crippen LogP) is -0.208. The van der Waals surface area contributed by atoms with E-state index < -0.39 is 29.1 Å². The molecule has 1 aliphatic heterocycles. The molecule has 0 aliphatic carbocycles. The lowest BCUT2D eigenvalue weighted by Crippen LogP contribution is -2.37. The fraction of sp³-hybridized carbons (Fsp3) is 0.833. The summed E-state index contributed by atoms with van der Waals surface area (Å²) in [6.07, 6.45) is -2.68. The van der Waals surface area contributed by atoms with Crippen molar-refractivity contribution in [2.45, 2.75) is 23.1 Å². The van der Waals surface area contributed by atoms with Crippen LogP contribution in [-0.2, 0) is 9.53 Å². The summed E-state index contributed by atoms with van der Waals surface area (Å²) >= 11 is 5.98. The van der Waals surface area contributed by atoms with E-state index in [4.69, 9.17) is 4.74 Å². The third-order valence-corrected chi connectivity index (χ3v) is 3.23. The predicted molar refractivity (Wildman–Crippen MR) is 48.4 cm³/mol. The Morgan fingerprint density at radius 2 is 2.25 bits per heavy atom. The average Bonchev–Trinajstić information content (AvgIpc) is 2.32. The zero-order valence-electron chi connectivity index (χ0n) is 5.98. The Morgan fingerprint density at radius 1 is 1.67 bits per heavy atom. The number of aliphatic hydroxyl groups is 2. The maximum absolute atomic E-state index is 10.9. The fourth-order valence-corrected chi connectivity index (χ4v) is 1.75. The van der Waals surface area contributed by atoms with Crippen LogP contribution in [0.1, 0.15) is 0 Å². The van der Waals surface area contributed by atoms with Crippen LogP contribution in [-0.4, -0.2) is 44.7 Å². The first-order chi connectivity index (χ1) is 5.57. The number of esters is 1. The van der Waals surface area contributed by atoms with Gasteiger partial charge in [0.1, 0.15) is 17.0 Å². The SMILES string of the molecule is O=C1O[C@H](C(O)CBr)C(O)C1Br. The number of cyclic esters (lactones) is 1. The molecule has 2 N–H and O–H groups in total. The maximum Gasteiger partial charge on any atom is 0.323 e. The standard InChI is InChI=1S/C6H8Br2O4/c7-1-2(9)5-4(10)3(8)6(11)12-5/h2-5,9-10H,1H2/t2?,3?,4?,5-/m1/s1. The third kappa shape index (κ3) is 1.81. The van der Waals surface area contributed by atoms with Crippen LogP contribution in [0.25, 0.3) is 0 Å². The molecule has 0 bridgehead atoms. The Morgan fingerprint density at radius 3 is 2.58 bits per heavy atom.